The van der Waals surface area contributed by atoms with Crippen LogP contribution >= 0.6 is 0 Å². The normalized spacial score (nSPS) is 13.9. The predicted octanol–water partition coefficient (Wildman–Crippen LogP) is 4.15. The number of nitrogens with two attached hydrogens (primary N) is 1. The molecule has 3 N–H and O–H groups in total. The summed E-state index contributed by atoms with van der Waals surface area (Å²) in [4.78, 5) is 34.8. The summed E-state index contributed by atoms with van der Waals surface area (Å²) in [5.74, 6) is -0.898. The second-order valence-electron chi connectivity index (χ2n) is 8.22. The summed E-state index contributed by atoms with van der Waals surface area (Å²) in [5.41, 5.74) is 8.11. The number of carbonyl (C=O) groups is 2. The topological polar surface area (TPSA) is 114 Å². The summed E-state index contributed by atoms with van der Waals surface area (Å²) >= 11 is 0. The van der Waals surface area contributed by atoms with E-state index in [1.807, 2.05) is 24.8 Å². The quantitative estimate of drug-likeness (QED) is 0.415. The molecule has 36 heavy (non-hydrogen) atoms. The number of hydrogen-bond acceptors (Lipinski definition) is 5. The molecule has 0 saturated carbocycles. The van der Waals surface area contributed by atoms with E-state index in [1.54, 1.807) is 29.1 Å². The number of pyridine rings is 1. The van der Waals surface area contributed by atoms with Gasteiger partial charge in [-0.05, 0) is 42.4 Å². The van der Waals surface area contributed by atoms with Crippen molar-refractivity contribution in [3.05, 3.63) is 85.4 Å². The number of carbonyl (C=O) groups excluding carboxylic acids is 1. The van der Waals surface area contributed by atoms with Gasteiger partial charge in [0.15, 0.2) is 0 Å². The standard InChI is InChI=1S/C24H27N5O3.C2H6.CH3.Y/c25-22-7-6-17(13-26-22)12-20(24(31)32)21-14-28(16-27-21)15-23(30)29-10-8-19(9-11-29)18-4-2-1-3-5-18;1-2;;/h1-7,13-14,16,19-20H,8-12,15H2,(H2,25,26)(H,31,32);1-2H3;1H3;/q;;-1;. The molecule has 3 heterocycles. The molecule has 1 aliphatic rings. The van der Waals surface area contributed by atoms with Crippen molar-refractivity contribution in [2.24, 2.45) is 0 Å². The van der Waals surface area contributed by atoms with E-state index >= 15 is 0 Å². The Hall–Kier alpha value is -2.58. The average molecular weight is 568 g/mol. The number of benzene rings is 1. The summed E-state index contributed by atoms with van der Waals surface area (Å²) in [5, 5.41) is 9.69. The van der Waals surface area contributed by atoms with E-state index in [0.29, 0.717) is 17.4 Å². The van der Waals surface area contributed by atoms with E-state index in [1.165, 1.54) is 11.9 Å². The van der Waals surface area contributed by atoms with Gasteiger partial charge in [0, 0.05) is 58.2 Å². The molecule has 4 rings (SSSR count). The Bertz CT molecular complexity index is 1060. The van der Waals surface area contributed by atoms with Gasteiger partial charge in [-0.3, -0.25) is 9.59 Å². The van der Waals surface area contributed by atoms with Gasteiger partial charge in [0.25, 0.3) is 0 Å². The van der Waals surface area contributed by atoms with Crippen LogP contribution in [0.4, 0.5) is 5.82 Å². The summed E-state index contributed by atoms with van der Waals surface area (Å²) in [6.07, 6.45) is 6.90. The zero-order chi connectivity index (χ0) is 24.5. The fourth-order valence-corrected chi connectivity index (χ4v) is 4.20. The summed E-state index contributed by atoms with van der Waals surface area (Å²) < 4.78 is 1.66. The van der Waals surface area contributed by atoms with Gasteiger partial charge < -0.3 is 27.7 Å². The van der Waals surface area contributed by atoms with Crippen molar-refractivity contribution < 1.29 is 47.4 Å². The first-order chi connectivity index (χ1) is 16.5. The molecule has 1 fully saturated rings. The fourth-order valence-electron chi connectivity index (χ4n) is 4.20. The van der Waals surface area contributed by atoms with Gasteiger partial charge in [-0.25, -0.2) is 9.97 Å². The van der Waals surface area contributed by atoms with E-state index in [4.69, 9.17) is 5.73 Å². The van der Waals surface area contributed by atoms with Crippen molar-refractivity contribution >= 4 is 17.7 Å². The van der Waals surface area contributed by atoms with E-state index in [-0.39, 0.29) is 59.0 Å². The Kier molecular flexibility index (Phi) is 13.6. The Balaban J connectivity index is 0.00000158. The molecule has 1 saturated heterocycles. The van der Waals surface area contributed by atoms with Crippen molar-refractivity contribution in [1.82, 2.24) is 19.4 Å². The van der Waals surface area contributed by atoms with Crippen molar-refractivity contribution in [3.63, 3.8) is 0 Å². The number of imidazole rings is 1. The van der Waals surface area contributed by atoms with Crippen LogP contribution in [-0.2, 0) is 55.3 Å². The molecule has 8 nitrogen and oxygen atoms in total. The molecule has 1 radical (unpaired) electrons. The first kappa shape index (κ1) is 31.5. The van der Waals surface area contributed by atoms with Gasteiger partial charge in [-0.1, -0.05) is 50.2 Å². The number of aliphatic carboxylic acids is 1. The number of carboxylic acids is 1. The maximum absolute atomic E-state index is 12.8. The van der Waals surface area contributed by atoms with Crippen molar-refractivity contribution in [2.45, 2.75) is 51.5 Å². The third-order valence-electron chi connectivity index (χ3n) is 6.03. The van der Waals surface area contributed by atoms with Gasteiger partial charge in [0.2, 0.25) is 5.91 Å². The molecule has 1 aliphatic heterocycles. The van der Waals surface area contributed by atoms with E-state index in [9.17, 15) is 14.7 Å². The molecular formula is C27H36N5O3Y-. The van der Waals surface area contributed by atoms with Gasteiger partial charge in [0.05, 0.1) is 12.0 Å². The van der Waals surface area contributed by atoms with Crippen LogP contribution in [0.25, 0.3) is 0 Å². The largest absolute Gasteiger partial charge is 0.481 e. The molecule has 0 aliphatic carbocycles. The molecule has 2 aromatic heterocycles. The number of carboxylic acid groups (broad SMARTS) is 1. The number of anilines is 1. The number of hydrogen-bond donors (Lipinski definition) is 2. The molecule has 9 heteroatoms. The Morgan fingerprint density at radius 2 is 1.75 bits per heavy atom. The molecule has 0 spiro atoms. The van der Waals surface area contributed by atoms with Crippen LogP contribution in [-0.4, -0.2) is 49.5 Å². The minimum Gasteiger partial charge on any atom is -0.481 e. The molecule has 1 unspecified atom stereocenters. The van der Waals surface area contributed by atoms with Crippen molar-refractivity contribution in [2.75, 3.05) is 18.8 Å². The maximum Gasteiger partial charge on any atom is 0.312 e. The van der Waals surface area contributed by atoms with Crippen LogP contribution in [0.2, 0.25) is 0 Å². The van der Waals surface area contributed by atoms with Crippen LogP contribution in [0.15, 0.2) is 61.2 Å². The Labute approximate surface area is 239 Å². The van der Waals surface area contributed by atoms with E-state index in [0.717, 1.165) is 31.5 Å². The monoisotopic (exact) mass is 567 g/mol. The van der Waals surface area contributed by atoms with Crippen molar-refractivity contribution in [3.8, 4) is 0 Å². The molecule has 1 amide bonds. The second kappa shape index (κ2) is 15.5. The third kappa shape index (κ3) is 8.52. The molecule has 1 aromatic carbocycles. The number of nitrogen functional groups attached to an aromatic ring is 1. The van der Waals surface area contributed by atoms with Crippen LogP contribution in [0.5, 0.6) is 0 Å². The van der Waals surface area contributed by atoms with Gasteiger partial charge in [0.1, 0.15) is 18.3 Å². The minimum absolute atomic E-state index is 0. The smallest absolute Gasteiger partial charge is 0.312 e. The number of likely N-dealkylation sites (tertiary alicyclic amines) is 1. The van der Waals surface area contributed by atoms with Gasteiger partial charge >= 0.3 is 5.97 Å². The predicted molar refractivity (Wildman–Crippen MR) is 138 cm³/mol. The third-order valence-corrected chi connectivity index (χ3v) is 6.03. The van der Waals surface area contributed by atoms with Crippen LogP contribution in [0.1, 0.15) is 55.3 Å². The van der Waals surface area contributed by atoms with Crippen LogP contribution in [0, 0.1) is 7.43 Å². The molecule has 191 valence electrons. The zero-order valence-corrected chi connectivity index (χ0v) is 24.2. The zero-order valence-electron chi connectivity index (χ0n) is 21.4. The SMILES string of the molecule is CC.Nc1ccc(CC(C(=O)O)c2cn(CC(=O)N3CCC(c4ccccc4)CC3)cn2)cn1.[CH3-].[Y]. The molecule has 1 atom stereocenters. The minimum atomic E-state index is -0.971. The second-order valence-corrected chi connectivity index (χ2v) is 8.22. The number of aromatic nitrogens is 3. The molecule has 3 aromatic rings. The summed E-state index contributed by atoms with van der Waals surface area (Å²) in [6.45, 7) is 5.60. The fraction of sp³-hybridized carbons (Fsp3) is 0.370. The number of amides is 1. The summed E-state index contributed by atoms with van der Waals surface area (Å²) in [6, 6.07) is 13.8. The van der Waals surface area contributed by atoms with Crippen LogP contribution in [0.3, 0.4) is 0 Å². The molecule has 0 bridgehead atoms. The summed E-state index contributed by atoms with van der Waals surface area (Å²) in [7, 11) is 0. The Morgan fingerprint density at radius 1 is 1.08 bits per heavy atom. The van der Waals surface area contributed by atoms with E-state index < -0.39 is 11.9 Å². The van der Waals surface area contributed by atoms with Gasteiger partial charge in [-0.15, -0.1) is 0 Å². The first-order valence-corrected chi connectivity index (χ1v) is 11.8. The maximum atomic E-state index is 12.8. The van der Waals surface area contributed by atoms with Crippen LogP contribution < -0.4 is 5.73 Å². The molecular weight excluding hydrogens is 531 g/mol. The van der Waals surface area contributed by atoms with E-state index in [2.05, 4.69) is 34.2 Å². The van der Waals surface area contributed by atoms with Crippen molar-refractivity contribution in [1.29, 1.82) is 0 Å². The number of piperidine rings is 1. The first-order valence-electron chi connectivity index (χ1n) is 11.8. The van der Waals surface area contributed by atoms with Gasteiger partial charge in [-0.2, -0.15) is 0 Å². The number of rotatable bonds is 7. The number of nitrogens with zero attached hydrogens (tertiary/aromatic N) is 4. The Morgan fingerprint density at radius 3 is 2.33 bits per heavy atom. The average Bonchev–Trinajstić information content (AvgIpc) is 3.33.